The fourth-order valence-corrected chi connectivity index (χ4v) is 3.91. The highest BCUT2D eigenvalue weighted by atomic mass is 16.5. The van der Waals surface area contributed by atoms with Gasteiger partial charge >= 0.3 is 0 Å². The number of aromatic amines is 2. The van der Waals surface area contributed by atoms with Crippen LogP contribution in [0.4, 0.5) is 0 Å². The van der Waals surface area contributed by atoms with E-state index in [1.165, 1.54) is 5.56 Å². The molecule has 7 nitrogen and oxygen atoms in total. The largest absolute Gasteiger partial charge is 0.488 e. The number of ether oxygens (including phenoxy) is 1. The second-order valence-corrected chi connectivity index (χ2v) is 8.35. The highest BCUT2D eigenvalue weighted by Crippen LogP contribution is 2.29. The summed E-state index contributed by atoms with van der Waals surface area (Å²) < 4.78 is 6.06. The fourth-order valence-electron chi connectivity index (χ4n) is 3.91. The number of nitrogens with one attached hydrogen (secondary N) is 3. The van der Waals surface area contributed by atoms with Gasteiger partial charge in [0, 0.05) is 27.7 Å². The van der Waals surface area contributed by atoms with E-state index < -0.39 is 0 Å². The van der Waals surface area contributed by atoms with Gasteiger partial charge < -0.3 is 9.72 Å². The van der Waals surface area contributed by atoms with Crippen LogP contribution in [0.2, 0.25) is 0 Å². The molecule has 0 atom stereocenters. The van der Waals surface area contributed by atoms with Gasteiger partial charge in [-0.1, -0.05) is 60.2 Å². The van der Waals surface area contributed by atoms with Crippen LogP contribution in [0.15, 0.2) is 84.0 Å². The molecule has 174 valence electrons. The van der Waals surface area contributed by atoms with E-state index in [9.17, 15) is 4.79 Å². The molecule has 0 radical (unpaired) electrons. The van der Waals surface area contributed by atoms with E-state index in [4.69, 9.17) is 4.74 Å². The first kappa shape index (κ1) is 22.2. The van der Waals surface area contributed by atoms with E-state index in [0.717, 1.165) is 33.3 Å². The molecule has 0 spiro atoms. The molecule has 35 heavy (non-hydrogen) atoms. The molecule has 5 aromatic rings. The first-order valence-electron chi connectivity index (χ1n) is 11.3. The molecule has 0 aliphatic rings. The van der Waals surface area contributed by atoms with Crippen LogP contribution in [0.25, 0.3) is 22.2 Å². The topological polar surface area (TPSA) is 95.2 Å². The van der Waals surface area contributed by atoms with Crippen molar-refractivity contribution in [1.29, 1.82) is 0 Å². The third-order valence-electron chi connectivity index (χ3n) is 5.80. The molecule has 0 saturated heterocycles. The zero-order valence-corrected chi connectivity index (χ0v) is 19.5. The van der Waals surface area contributed by atoms with Crippen LogP contribution in [-0.4, -0.2) is 27.3 Å². The number of aryl methyl sites for hydroxylation is 2. The number of fused-ring (bicyclic) bond motifs is 1. The molecule has 0 aliphatic heterocycles. The van der Waals surface area contributed by atoms with E-state index in [-0.39, 0.29) is 5.91 Å². The summed E-state index contributed by atoms with van der Waals surface area (Å²) in [4.78, 5) is 16.0. The number of nitrogens with zero attached hydrogens (tertiary/aromatic N) is 2. The van der Waals surface area contributed by atoms with Crippen molar-refractivity contribution in [3.63, 3.8) is 0 Å². The van der Waals surface area contributed by atoms with Gasteiger partial charge in [-0.15, -0.1) is 0 Å². The zero-order chi connectivity index (χ0) is 24.2. The molecule has 0 unspecified atom stereocenters. The number of amides is 1. The number of carbonyl (C=O) groups excluding carboxylic acids is 1. The molecule has 3 N–H and O–H groups in total. The Hall–Kier alpha value is -4.65. The molecule has 2 heterocycles. The Morgan fingerprint density at radius 3 is 2.66 bits per heavy atom. The lowest BCUT2D eigenvalue weighted by Gasteiger charge is -2.10. The van der Waals surface area contributed by atoms with E-state index >= 15 is 0 Å². The number of rotatable bonds is 7. The maximum absolute atomic E-state index is 12.7. The smallest absolute Gasteiger partial charge is 0.289 e. The maximum atomic E-state index is 12.7. The fraction of sp³-hybridized carbons (Fsp3) is 0.107. The molecule has 5 rings (SSSR count). The number of hydrogen-bond acceptors (Lipinski definition) is 4. The standard InChI is InChI=1S/C28H25N5O2/c1-18-11-13-20(14-12-18)17-35-27-10-6-4-8-22(27)25-15-26(32-31-25)28(34)33-29-16-23-19(2)30-24-9-5-3-7-21(23)24/h3-16,30H,17H2,1-2H3,(H,31,32)(H,33,34). The Morgan fingerprint density at radius 1 is 1.03 bits per heavy atom. The van der Waals surface area contributed by atoms with Gasteiger partial charge in [0.1, 0.15) is 18.1 Å². The SMILES string of the molecule is Cc1ccc(COc2ccccc2-c2cc(C(=O)NN=Cc3c(C)[nH]c4ccccc34)[nH]n2)cc1. The van der Waals surface area contributed by atoms with E-state index in [1.807, 2.05) is 67.6 Å². The van der Waals surface area contributed by atoms with Crippen LogP contribution in [0, 0.1) is 13.8 Å². The van der Waals surface area contributed by atoms with Crippen LogP contribution in [0.5, 0.6) is 5.75 Å². The minimum absolute atomic E-state index is 0.307. The average molecular weight is 464 g/mol. The molecular weight excluding hydrogens is 438 g/mol. The zero-order valence-electron chi connectivity index (χ0n) is 19.5. The summed E-state index contributed by atoms with van der Waals surface area (Å²) >= 11 is 0. The number of hydrazone groups is 1. The van der Waals surface area contributed by atoms with Crippen LogP contribution < -0.4 is 10.2 Å². The van der Waals surface area contributed by atoms with Gasteiger partial charge in [-0.25, -0.2) is 5.43 Å². The van der Waals surface area contributed by atoms with Crippen molar-refractivity contribution in [2.75, 3.05) is 0 Å². The highest BCUT2D eigenvalue weighted by Gasteiger charge is 2.14. The molecule has 1 amide bonds. The summed E-state index contributed by atoms with van der Waals surface area (Å²) in [6.07, 6.45) is 1.65. The Morgan fingerprint density at radius 2 is 1.80 bits per heavy atom. The molecular formula is C28H25N5O2. The minimum atomic E-state index is -0.379. The number of H-pyrrole nitrogens is 2. The van der Waals surface area contributed by atoms with E-state index in [0.29, 0.717) is 23.7 Å². The minimum Gasteiger partial charge on any atom is -0.488 e. The third-order valence-corrected chi connectivity index (χ3v) is 5.80. The lowest BCUT2D eigenvalue weighted by molar-refractivity contribution is 0.0950. The van der Waals surface area contributed by atoms with E-state index in [2.05, 4.69) is 44.8 Å². The summed E-state index contributed by atoms with van der Waals surface area (Å²) in [6, 6.07) is 25.5. The number of aromatic nitrogens is 3. The van der Waals surface area contributed by atoms with Crippen molar-refractivity contribution >= 4 is 23.0 Å². The van der Waals surface area contributed by atoms with Crippen molar-refractivity contribution in [3.8, 4) is 17.0 Å². The molecule has 3 aromatic carbocycles. The van der Waals surface area contributed by atoms with Gasteiger partial charge in [0.05, 0.1) is 11.9 Å². The Balaban J connectivity index is 1.28. The van der Waals surface area contributed by atoms with Gasteiger partial charge in [0.15, 0.2) is 0 Å². The monoisotopic (exact) mass is 463 g/mol. The molecule has 0 aliphatic carbocycles. The van der Waals surface area contributed by atoms with E-state index in [1.54, 1.807) is 12.3 Å². The first-order chi connectivity index (χ1) is 17.1. The average Bonchev–Trinajstić information content (AvgIpc) is 3.49. The molecule has 2 aromatic heterocycles. The lowest BCUT2D eigenvalue weighted by atomic mass is 10.1. The first-order valence-corrected chi connectivity index (χ1v) is 11.3. The van der Waals surface area contributed by atoms with Crippen molar-refractivity contribution < 1.29 is 9.53 Å². The number of carbonyl (C=O) groups is 1. The number of hydrogen-bond donors (Lipinski definition) is 3. The second-order valence-electron chi connectivity index (χ2n) is 8.35. The highest BCUT2D eigenvalue weighted by molar-refractivity contribution is 6.01. The van der Waals surface area contributed by atoms with Crippen molar-refractivity contribution in [2.24, 2.45) is 5.10 Å². The Kier molecular flexibility index (Phi) is 6.13. The van der Waals surface area contributed by atoms with Crippen LogP contribution in [0.1, 0.15) is 32.9 Å². The molecule has 7 heteroatoms. The quantitative estimate of drug-likeness (QED) is 0.219. The van der Waals surface area contributed by atoms with Gasteiger partial charge in [-0.3, -0.25) is 9.89 Å². The van der Waals surface area contributed by atoms with Gasteiger partial charge in [-0.2, -0.15) is 10.2 Å². The predicted molar refractivity (Wildman–Crippen MR) is 138 cm³/mol. The van der Waals surface area contributed by atoms with Crippen molar-refractivity contribution in [2.45, 2.75) is 20.5 Å². The van der Waals surface area contributed by atoms with Gasteiger partial charge in [-0.05, 0) is 43.7 Å². The molecule has 0 saturated carbocycles. The van der Waals surface area contributed by atoms with Crippen LogP contribution in [-0.2, 0) is 6.61 Å². The number of benzene rings is 3. The number of para-hydroxylation sites is 2. The van der Waals surface area contributed by atoms with Crippen molar-refractivity contribution in [1.82, 2.24) is 20.6 Å². The Labute approximate surface area is 202 Å². The Bertz CT molecular complexity index is 1510. The molecule has 0 bridgehead atoms. The lowest BCUT2D eigenvalue weighted by Crippen LogP contribution is -2.18. The second kappa shape index (κ2) is 9.69. The van der Waals surface area contributed by atoms with Gasteiger partial charge in [0.2, 0.25) is 0 Å². The third kappa shape index (κ3) is 4.84. The van der Waals surface area contributed by atoms with Crippen LogP contribution in [0.3, 0.4) is 0 Å². The van der Waals surface area contributed by atoms with Gasteiger partial charge in [0.25, 0.3) is 5.91 Å². The van der Waals surface area contributed by atoms with Crippen LogP contribution >= 0.6 is 0 Å². The summed E-state index contributed by atoms with van der Waals surface area (Å²) in [5.74, 6) is 0.315. The summed E-state index contributed by atoms with van der Waals surface area (Å²) in [6.45, 7) is 4.47. The predicted octanol–water partition coefficient (Wildman–Crippen LogP) is 5.52. The summed E-state index contributed by atoms with van der Waals surface area (Å²) in [5.41, 5.74) is 9.53. The molecule has 0 fully saturated rings. The summed E-state index contributed by atoms with van der Waals surface area (Å²) in [5, 5.41) is 12.3. The van der Waals surface area contributed by atoms with Crippen molar-refractivity contribution in [3.05, 3.63) is 107 Å². The summed E-state index contributed by atoms with van der Waals surface area (Å²) in [7, 11) is 0. The maximum Gasteiger partial charge on any atom is 0.289 e. The normalized spacial score (nSPS) is 11.3.